The highest BCUT2D eigenvalue weighted by atomic mass is 35.5. The summed E-state index contributed by atoms with van der Waals surface area (Å²) in [4.78, 5) is 17.0. The zero-order valence-corrected chi connectivity index (χ0v) is 12.5. The van der Waals surface area contributed by atoms with E-state index in [0.717, 1.165) is 0 Å². The van der Waals surface area contributed by atoms with Gasteiger partial charge in [-0.2, -0.15) is 0 Å². The highest BCUT2D eigenvalue weighted by Crippen LogP contribution is 2.27. The van der Waals surface area contributed by atoms with Gasteiger partial charge in [-0.15, -0.1) is 11.6 Å². The lowest BCUT2D eigenvalue weighted by Gasteiger charge is -2.13. The molecule has 1 unspecified atom stereocenters. The molecule has 118 valence electrons. The van der Waals surface area contributed by atoms with Crippen LogP contribution in [0.2, 0.25) is 0 Å². The Balaban J connectivity index is 2.18. The van der Waals surface area contributed by atoms with Crippen molar-refractivity contribution in [2.75, 3.05) is 23.9 Å². The molecule has 1 atom stereocenters. The third-order valence-corrected chi connectivity index (χ3v) is 3.43. The van der Waals surface area contributed by atoms with Crippen molar-refractivity contribution in [2.45, 2.75) is 6.10 Å². The first-order chi connectivity index (χ1) is 10.6. The van der Waals surface area contributed by atoms with Gasteiger partial charge in [0.2, 0.25) is 0 Å². The molecule has 6 nitrogen and oxygen atoms in total. The second-order valence-electron chi connectivity index (χ2n) is 4.62. The van der Waals surface area contributed by atoms with E-state index < -0.39 is 11.9 Å². The maximum Gasteiger partial charge on any atom is 0.414 e. The van der Waals surface area contributed by atoms with Gasteiger partial charge in [-0.1, -0.05) is 0 Å². The topological polar surface area (TPSA) is 93.9 Å². The number of carbonyl (C=O) groups excluding carboxylic acids is 1. The number of anilines is 1. The fraction of sp³-hybridized carbons (Fsp3) is 0.286. The first kappa shape index (κ1) is 16.3. The predicted molar refractivity (Wildman–Crippen MR) is 84.2 cm³/mol. The number of amides is 1. The monoisotopic (exact) mass is 326 g/mol. The van der Waals surface area contributed by atoms with Gasteiger partial charge in [-0.25, -0.2) is 9.18 Å². The lowest BCUT2D eigenvalue weighted by molar-refractivity contribution is 0.145. The number of cyclic esters (lactones) is 1. The summed E-state index contributed by atoms with van der Waals surface area (Å²) in [5, 5.41) is 0. The van der Waals surface area contributed by atoms with Crippen molar-refractivity contribution >= 4 is 35.3 Å². The average molecular weight is 327 g/mol. The average Bonchev–Trinajstić information content (AvgIpc) is 2.90. The number of nitrogens with zero attached hydrogens (tertiary/aromatic N) is 2. The normalized spacial score (nSPS) is 19.0. The van der Waals surface area contributed by atoms with Crippen LogP contribution < -0.4 is 16.4 Å². The van der Waals surface area contributed by atoms with E-state index in [-0.39, 0.29) is 24.2 Å². The molecule has 1 amide bonds. The van der Waals surface area contributed by atoms with Crippen LogP contribution in [0.3, 0.4) is 0 Å². The molecule has 22 heavy (non-hydrogen) atoms. The van der Waals surface area contributed by atoms with Crippen LogP contribution in [0.25, 0.3) is 0 Å². The van der Waals surface area contributed by atoms with E-state index in [1.165, 1.54) is 29.4 Å². The minimum atomic E-state index is -0.566. The third kappa shape index (κ3) is 3.55. The summed E-state index contributed by atoms with van der Waals surface area (Å²) in [6.45, 7) is 0.517. The first-order valence-electron chi connectivity index (χ1n) is 6.57. The molecular formula is C14H16ClFN4O2. The van der Waals surface area contributed by atoms with E-state index >= 15 is 0 Å². The summed E-state index contributed by atoms with van der Waals surface area (Å²) < 4.78 is 19.1. The van der Waals surface area contributed by atoms with Gasteiger partial charge >= 0.3 is 6.09 Å². The number of hydrogen-bond donors (Lipinski definition) is 2. The van der Waals surface area contributed by atoms with Crippen molar-refractivity contribution in [3.63, 3.8) is 0 Å². The van der Waals surface area contributed by atoms with E-state index in [4.69, 9.17) is 27.8 Å². The number of halogens is 2. The Kier molecular flexibility index (Phi) is 5.35. The molecule has 0 bridgehead atoms. The van der Waals surface area contributed by atoms with Crippen molar-refractivity contribution in [1.82, 2.24) is 0 Å². The van der Waals surface area contributed by atoms with Crippen LogP contribution in [0.1, 0.15) is 0 Å². The third-order valence-electron chi connectivity index (χ3n) is 3.12. The summed E-state index contributed by atoms with van der Waals surface area (Å²) in [6.07, 6.45) is 1.77. The molecule has 0 saturated carbocycles. The Labute approximate surface area is 132 Å². The predicted octanol–water partition coefficient (Wildman–Crippen LogP) is 1.89. The zero-order chi connectivity index (χ0) is 16.1. The maximum atomic E-state index is 14.1. The first-order valence-corrected chi connectivity index (χ1v) is 7.11. The molecule has 1 saturated heterocycles. The van der Waals surface area contributed by atoms with Crippen molar-refractivity contribution in [1.29, 1.82) is 0 Å². The summed E-state index contributed by atoms with van der Waals surface area (Å²) in [7, 11) is 0. The van der Waals surface area contributed by atoms with E-state index in [2.05, 4.69) is 4.99 Å². The fourth-order valence-electron chi connectivity index (χ4n) is 1.90. The molecule has 0 spiro atoms. The number of nitrogens with two attached hydrogens (primary N) is 2. The number of rotatable bonds is 5. The highest BCUT2D eigenvalue weighted by molar-refractivity contribution is 6.21. The number of aliphatic imine (C=N–C) groups is 1. The molecule has 0 aliphatic carbocycles. The minimum absolute atomic E-state index is 0.121. The minimum Gasteiger partial charge on any atom is -0.443 e. The van der Waals surface area contributed by atoms with E-state index in [0.29, 0.717) is 17.8 Å². The fourth-order valence-corrected chi connectivity index (χ4v) is 2.06. The van der Waals surface area contributed by atoms with Crippen LogP contribution in [0.5, 0.6) is 0 Å². The van der Waals surface area contributed by atoms with E-state index in [1.807, 2.05) is 0 Å². The van der Waals surface area contributed by atoms with Crippen LogP contribution >= 0.6 is 11.6 Å². The lowest BCUT2D eigenvalue weighted by Crippen LogP contribution is -2.27. The molecular weight excluding hydrogens is 311 g/mol. The molecule has 0 aromatic heterocycles. The number of alkyl halides is 1. The SMILES string of the molecule is N/C=C(\C=Nc1ccc(N2CC(CN)OC2=O)cc1F)CCl. The number of allylic oxidation sites excluding steroid dienone is 1. The van der Waals surface area contributed by atoms with Gasteiger partial charge in [0.15, 0.2) is 5.82 Å². The molecule has 1 heterocycles. The Morgan fingerprint density at radius 1 is 1.59 bits per heavy atom. The number of ether oxygens (including phenoxy) is 1. The van der Waals surface area contributed by atoms with Crippen molar-refractivity contribution in [3.8, 4) is 0 Å². The van der Waals surface area contributed by atoms with Gasteiger partial charge in [-0.05, 0) is 24.4 Å². The lowest BCUT2D eigenvalue weighted by atomic mass is 10.2. The standard InChI is InChI=1S/C14H16ClFN4O2/c15-4-9(5-17)7-19-13-2-1-10(3-12(13)16)20-8-11(6-18)22-14(20)21/h1-3,5,7,11H,4,6,8,17-18H2/b9-5-,19-7?. The Hall–Kier alpha value is -2.12. The molecule has 1 aliphatic heterocycles. The second-order valence-corrected chi connectivity index (χ2v) is 4.89. The molecule has 8 heteroatoms. The molecule has 1 aromatic rings. The van der Waals surface area contributed by atoms with Crippen molar-refractivity contribution in [2.24, 2.45) is 16.5 Å². The molecule has 1 aliphatic rings. The summed E-state index contributed by atoms with van der Waals surface area (Å²) in [5.41, 5.74) is 11.9. The van der Waals surface area contributed by atoms with Gasteiger partial charge in [0.1, 0.15) is 6.10 Å². The maximum absolute atomic E-state index is 14.1. The van der Waals surface area contributed by atoms with Crippen molar-refractivity contribution < 1.29 is 13.9 Å². The highest BCUT2D eigenvalue weighted by Gasteiger charge is 2.31. The van der Waals surface area contributed by atoms with Crippen LogP contribution in [0.4, 0.5) is 20.6 Å². The Morgan fingerprint density at radius 2 is 2.36 bits per heavy atom. The molecule has 1 aromatic carbocycles. The van der Waals surface area contributed by atoms with E-state index in [9.17, 15) is 9.18 Å². The number of carbonyl (C=O) groups is 1. The van der Waals surface area contributed by atoms with Crippen LogP contribution in [-0.4, -0.2) is 37.4 Å². The molecule has 0 radical (unpaired) electrons. The van der Waals surface area contributed by atoms with Gasteiger partial charge in [0.05, 0.1) is 23.8 Å². The quantitative estimate of drug-likeness (QED) is 0.638. The largest absolute Gasteiger partial charge is 0.443 e. The number of hydrogen-bond acceptors (Lipinski definition) is 5. The van der Waals surface area contributed by atoms with E-state index in [1.54, 1.807) is 6.07 Å². The molecule has 2 rings (SSSR count). The molecule has 4 N–H and O–H groups in total. The van der Waals surface area contributed by atoms with Crippen LogP contribution in [-0.2, 0) is 4.74 Å². The Bertz CT molecular complexity index is 621. The second kappa shape index (κ2) is 7.24. The van der Waals surface area contributed by atoms with Crippen molar-refractivity contribution in [3.05, 3.63) is 35.8 Å². The van der Waals surface area contributed by atoms with Gasteiger partial charge in [0.25, 0.3) is 0 Å². The number of benzene rings is 1. The summed E-state index contributed by atoms with van der Waals surface area (Å²) in [5.74, 6) is -0.386. The smallest absolute Gasteiger partial charge is 0.414 e. The van der Waals surface area contributed by atoms with Gasteiger partial charge in [0, 0.05) is 18.3 Å². The van der Waals surface area contributed by atoms with Crippen LogP contribution in [0, 0.1) is 5.82 Å². The van der Waals surface area contributed by atoms with Gasteiger partial charge < -0.3 is 16.2 Å². The van der Waals surface area contributed by atoms with Crippen LogP contribution in [0.15, 0.2) is 35.0 Å². The summed E-state index contributed by atoms with van der Waals surface area (Å²) in [6, 6.07) is 4.27. The Morgan fingerprint density at radius 3 is 2.91 bits per heavy atom. The molecule has 1 fully saturated rings. The summed E-state index contributed by atoms with van der Waals surface area (Å²) >= 11 is 5.63. The zero-order valence-electron chi connectivity index (χ0n) is 11.7. The van der Waals surface area contributed by atoms with Gasteiger partial charge in [-0.3, -0.25) is 9.89 Å².